The monoisotopic (exact) mass is 1870 g/mol. The Bertz CT molecular complexity index is 7980. The van der Waals surface area contributed by atoms with Gasteiger partial charge in [0.15, 0.2) is 0 Å². The average molecular weight is 1870 g/mol. The van der Waals surface area contributed by atoms with Gasteiger partial charge in [0.2, 0.25) is 0 Å². The van der Waals surface area contributed by atoms with Gasteiger partial charge in [-0.25, -0.2) is 9.37 Å². The molecule has 0 bridgehead atoms. The zero-order valence-electron chi connectivity index (χ0n) is 71.9. The number of hydrogen-bond acceptors (Lipinski definition) is 5. The van der Waals surface area contributed by atoms with Crippen LogP contribution in [0.5, 0.6) is 0 Å². The van der Waals surface area contributed by atoms with Gasteiger partial charge in [-0.1, -0.05) is 343 Å². The van der Waals surface area contributed by atoms with E-state index >= 15 is 0 Å². The number of para-hydroxylation sites is 4. The van der Waals surface area contributed by atoms with Crippen LogP contribution in [0.1, 0.15) is 49.9 Å². The number of nitrogens with zero attached hydrogens (tertiary/aromatic N) is 5. The fourth-order valence-electron chi connectivity index (χ4n) is 19.9. The van der Waals surface area contributed by atoms with Gasteiger partial charge in [-0.3, -0.25) is 4.98 Å². The van der Waals surface area contributed by atoms with Crippen molar-refractivity contribution in [2.24, 2.45) is 0 Å². The molecule has 1 atom stereocenters. The van der Waals surface area contributed by atoms with Crippen LogP contribution in [0.2, 0.25) is 0 Å². The molecular formula is C119H88BBiFN5OP. The molecule has 6 nitrogen and oxygen atoms in total. The molecule has 3 aromatic heterocycles. The third-order valence-electron chi connectivity index (χ3n) is 26.2. The number of fused-ring (bicyclic) bond motifs is 18. The molecule has 129 heavy (non-hydrogen) atoms. The van der Waals surface area contributed by atoms with Crippen LogP contribution in [-0.2, 0) is 10.8 Å². The molecule has 0 fully saturated rings. The summed E-state index contributed by atoms with van der Waals surface area (Å²) in [6.45, 7) is 9.39. The molecule has 0 aliphatic heterocycles. The van der Waals surface area contributed by atoms with Crippen molar-refractivity contribution in [1.82, 2.24) is 14.5 Å². The molecule has 22 aromatic rings. The van der Waals surface area contributed by atoms with Gasteiger partial charge in [0.25, 0.3) is 0 Å². The molecule has 2 aliphatic rings. The van der Waals surface area contributed by atoms with Gasteiger partial charge in [-0.15, -0.1) is 8.46 Å². The van der Waals surface area contributed by atoms with Crippen molar-refractivity contribution in [3.63, 3.8) is 0 Å². The molecule has 0 N–H and O–H groups in total. The van der Waals surface area contributed by atoms with Crippen LogP contribution in [-0.4, -0.2) is 54.7 Å². The minimum atomic E-state index is -0.375. The number of alkyl halides is 1. The second kappa shape index (κ2) is 34.0. The maximum absolute atomic E-state index is 10.6. The summed E-state index contributed by atoms with van der Waals surface area (Å²) < 4.78 is 20.0. The fraction of sp³-hybridized carbons (Fsp3) is 0.0588. The maximum atomic E-state index is 10.6. The summed E-state index contributed by atoms with van der Waals surface area (Å²) in [5.41, 5.74) is 37.6. The Morgan fingerprint density at radius 3 is 1.16 bits per heavy atom. The van der Waals surface area contributed by atoms with Crippen LogP contribution in [0.25, 0.3) is 171 Å². The first-order valence-electron chi connectivity index (χ1n) is 43.7. The molecule has 0 spiro atoms. The van der Waals surface area contributed by atoms with Crippen molar-refractivity contribution < 1.29 is 8.81 Å². The summed E-state index contributed by atoms with van der Waals surface area (Å²) in [5, 5.41) is 9.26. The fourth-order valence-corrected chi connectivity index (χ4v) is 19.9. The molecule has 0 saturated heterocycles. The van der Waals surface area contributed by atoms with Crippen molar-refractivity contribution in [3.8, 4) is 94.8 Å². The average Bonchev–Trinajstić information content (AvgIpc) is 1.67. The SMILES string of the molecule is CC1(C)c2ccccc2-c2ccc(N(c3ccc(-c4ccccc4)cc3)c3ccc(-c4ccc5c(c4)c4ccccc4n5-c4ccccc4)cc3)cc21.CC1(C)c2ccccc2-c2ccc(N(c3ccc(-c4ccccc4)cc3)c3ccc(-c4cccc5c4oc4c(-c6cccc(-c7cnc8c9ccccc9c9ccccc9c8n7)c6)cccc45)cc3)cc21.[B]PCF.[BiH2]. The summed E-state index contributed by atoms with van der Waals surface area (Å²) >= 11 is 0. The Morgan fingerprint density at radius 1 is 0.295 bits per heavy atom. The molecule has 24 rings (SSSR count). The van der Waals surface area contributed by atoms with Crippen LogP contribution >= 0.6 is 8.46 Å². The van der Waals surface area contributed by atoms with Crippen molar-refractivity contribution in [3.05, 3.63) is 453 Å². The first kappa shape index (κ1) is 81.6. The molecule has 0 saturated carbocycles. The van der Waals surface area contributed by atoms with E-state index in [-0.39, 0.29) is 51.9 Å². The Morgan fingerprint density at radius 2 is 0.651 bits per heavy atom. The summed E-state index contributed by atoms with van der Waals surface area (Å²) in [7, 11) is 4.65. The third-order valence-corrected chi connectivity index (χ3v) is 26.4. The standard InChI is InChI=1S/C67H45N3O.C51H38N2.CH3BFP.Bi.2H/c1-67(2)60-28-11-10-21-54(60)55-38-37-49(40-61(55)67)70(47-33-29-43(30-34-47)42-15-4-3-5-16-42)48-35-31-44(32-36-48)50-24-13-26-58-59-27-14-25-51(66(59)71-65(50)58)45-17-12-18-46(39-45)62-41-68-63-56-22-8-6-19-52(56)53-20-7-9-23-57(53)64(63)69-62;1-51(2)47-19-11-9-17-43(47)44-31-30-42(34-48(44)51)52(40-26-21-36(22-27-40)35-13-5-3-6-14-35)41-28-23-37(24-29-41)38-25-32-50-46(33-38)45-18-10-12-20-49(45)53(50)39-15-7-4-8-16-39;2-4-1-3;;;/h3-41H,1-2H3;3-34H,1-2H3;4H,1H2;;;. The van der Waals surface area contributed by atoms with E-state index in [0.29, 0.717) is 0 Å². The van der Waals surface area contributed by atoms with Gasteiger partial charge >= 0.3 is 26.2 Å². The van der Waals surface area contributed by atoms with Crippen molar-refractivity contribution in [1.29, 1.82) is 0 Å². The summed E-state index contributed by atoms with van der Waals surface area (Å²) in [6, 6.07) is 154. The van der Waals surface area contributed by atoms with Crippen molar-refractivity contribution >= 4 is 153 Å². The van der Waals surface area contributed by atoms with Gasteiger partial charge in [-0.2, -0.15) is 0 Å². The molecule has 2 aliphatic carbocycles. The van der Waals surface area contributed by atoms with Gasteiger partial charge in [-0.05, 0) is 209 Å². The summed E-state index contributed by atoms with van der Waals surface area (Å²) in [5.74, 6) is 0. The zero-order chi connectivity index (χ0) is 86.1. The Labute approximate surface area is 772 Å². The quantitative estimate of drug-likeness (QED) is 0.0617. The van der Waals surface area contributed by atoms with Crippen LogP contribution < -0.4 is 9.80 Å². The van der Waals surface area contributed by atoms with Gasteiger partial charge < -0.3 is 18.8 Å². The van der Waals surface area contributed by atoms with Crippen LogP contribution in [0.4, 0.5) is 38.5 Å². The van der Waals surface area contributed by atoms with E-state index in [1.165, 1.54) is 116 Å². The number of halogens is 1. The van der Waals surface area contributed by atoms with Gasteiger partial charge in [0.1, 0.15) is 18.7 Å². The number of rotatable bonds is 14. The predicted molar refractivity (Wildman–Crippen MR) is 548 cm³/mol. The molecule has 3 heterocycles. The first-order chi connectivity index (χ1) is 62.9. The summed E-state index contributed by atoms with van der Waals surface area (Å²) in [6.07, 6.45) is 1.54. The number of furan rings is 1. The minimum absolute atomic E-state index is 0. The Hall–Kier alpha value is -14.5. The topological polar surface area (TPSA) is 50.3 Å². The molecule has 615 valence electrons. The molecular weight excluding hydrogens is 1790 g/mol. The van der Waals surface area contributed by atoms with E-state index in [2.05, 4.69) is 474 Å². The Kier molecular flexibility index (Phi) is 21.5. The van der Waals surface area contributed by atoms with Crippen LogP contribution in [0.15, 0.2) is 435 Å². The van der Waals surface area contributed by atoms with E-state index in [9.17, 15) is 4.39 Å². The van der Waals surface area contributed by atoms with Gasteiger partial charge in [0.05, 0.1) is 40.4 Å². The second-order valence-electron chi connectivity index (χ2n) is 34.2. The molecule has 19 aromatic carbocycles. The van der Waals surface area contributed by atoms with E-state index in [4.69, 9.17) is 14.4 Å². The normalized spacial score (nSPS) is 12.6. The molecule has 3 radical (unpaired) electrons. The molecule has 0 amide bonds. The zero-order valence-corrected chi connectivity index (χ0v) is 77.4. The molecule has 1 unspecified atom stereocenters. The third kappa shape index (κ3) is 14.6. The second-order valence-corrected chi connectivity index (χ2v) is 34.9. The van der Waals surface area contributed by atoms with Crippen molar-refractivity contribution in [2.45, 2.75) is 38.5 Å². The van der Waals surface area contributed by atoms with Crippen molar-refractivity contribution in [2.75, 3.05) is 16.2 Å². The number of anilines is 6. The number of hydrogen-bond donors (Lipinski definition) is 0. The first-order valence-corrected chi connectivity index (χ1v) is 45.0. The van der Waals surface area contributed by atoms with E-state index < -0.39 is 0 Å². The van der Waals surface area contributed by atoms with E-state index in [1.807, 2.05) is 6.20 Å². The summed E-state index contributed by atoms with van der Waals surface area (Å²) in [4.78, 5) is 15.1. The number of benzene rings is 19. The number of aromatic nitrogens is 3. The van der Waals surface area contributed by atoms with Crippen LogP contribution in [0, 0.1) is 0 Å². The predicted octanol–water partition coefficient (Wildman–Crippen LogP) is 31.9. The van der Waals surface area contributed by atoms with E-state index in [1.54, 1.807) is 0 Å². The van der Waals surface area contributed by atoms with E-state index in [0.717, 1.165) is 111 Å². The molecule has 10 heteroatoms. The van der Waals surface area contributed by atoms with Gasteiger partial charge in [0, 0.05) is 99.6 Å². The Balaban J connectivity index is 0.000000155. The van der Waals surface area contributed by atoms with Crippen LogP contribution in [0.3, 0.4) is 0 Å².